The summed E-state index contributed by atoms with van der Waals surface area (Å²) in [5.41, 5.74) is 1.07. The first-order chi connectivity index (χ1) is 15.2. The van der Waals surface area contributed by atoms with E-state index in [1.165, 1.54) is 11.8 Å². The van der Waals surface area contributed by atoms with Crippen LogP contribution in [0.4, 0.5) is 10.5 Å². The normalized spacial score (nSPS) is 17.4. The van der Waals surface area contributed by atoms with Crippen LogP contribution >= 0.6 is 11.8 Å². The first-order valence-corrected chi connectivity index (χ1v) is 12.2. The summed E-state index contributed by atoms with van der Waals surface area (Å²) in [5.74, 6) is -0.997. The highest BCUT2D eigenvalue weighted by Gasteiger charge is 2.40. The van der Waals surface area contributed by atoms with Crippen molar-refractivity contribution in [3.63, 3.8) is 0 Å². The van der Waals surface area contributed by atoms with Crippen LogP contribution < -0.4 is 4.90 Å². The van der Waals surface area contributed by atoms with Gasteiger partial charge in [0.1, 0.15) is 5.60 Å². The molecule has 1 N–H and O–H groups in total. The van der Waals surface area contributed by atoms with Gasteiger partial charge < -0.3 is 19.6 Å². The molecule has 2 aromatic rings. The van der Waals surface area contributed by atoms with Gasteiger partial charge in [-0.15, -0.1) is 0 Å². The maximum atomic E-state index is 12.8. The number of rotatable bonds is 5. The zero-order chi connectivity index (χ0) is 23.0. The number of fused-ring (bicyclic) bond motifs is 1. The van der Waals surface area contributed by atoms with Crippen molar-refractivity contribution in [2.45, 2.75) is 69.3 Å². The Bertz CT molecular complexity index is 1030. The Hall–Kier alpha value is -2.55. The van der Waals surface area contributed by atoms with E-state index in [2.05, 4.69) is 14.9 Å². The Kier molecular flexibility index (Phi) is 6.20. The highest BCUT2D eigenvalue weighted by atomic mass is 32.2. The van der Waals surface area contributed by atoms with Gasteiger partial charge in [-0.25, -0.2) is 19.6 Å². The van der Waals surface area contributed by atoms with Crippen molar-refractivity contribution < 1.29 is 19.4 Å². The SMILES string of the molecule is CSc1ncc2c(N3CCC(N(C(=O)OC(C)(C)C)C4CC4)CC3)ccc(C(=O)O)c2n1. The molecule has 1 saturated carbocycles. The third-order valence-electron chi connectivity index (χ3n) is 5.86. The van der Waals surface area contributed by atoms with Crippen LogP contribution in [-0.2, 0) is 4.74 Å². The topological polar surface area (TPSA) is 95.9 Å². The molecule has 2 heterocycles. The third-order valence-corrected chi connectivity index (χ3v) is 6.42. The minimum atomic E-state index is -0.997. The van der Waals surface area contributed by atoms with Gasteiger partial charge in [-0.05, 0) is 64.8 Å². The fraction of sp³-hybridized carbons (Fsp3) is 0.565. The van der Waals surface area contributed by atoms with Crippen LogP contribution in [0.15, 0.2) is 23.5 Å². The van der Waals surface area contributed by atoms with Crippen LogP contribution in [0.3, 0.4) is 0 Å². The van der Waals surface area contributed by atoms with Gasteiger partial charge in [0.15, 0.2) is 5.16 Å². The lowest BCUT2D eigenvalue weighted by atomic mass is 10.0. The smallest absolute Gasteiger partial charge is 0.410 e. The molecule has 32 heavy (non-hydrogen) atoms. The molecule has 0 radical (unpaired) electrons. The molecule has 1 aliphatic carbocycles. The minimum absolute atomic E-state index is 0.150. The molecule has 1 aromatic carbocycles. The number of nitrogens with zero attached hydrogens (tertiary/aromatic N) is 4. The lowest BCUT2D eigenvalue weighted by Crippen LogP contribution is -2.50. The summed E-state index contributed by atoms with van der Waals surface area (Å²) in [4.78, 5) is 37.6. The first kappa shape index (κ1) is 22.6. The zero-order valence-corrected chi connectivity index (χ0v) is 19.8. The summed E-state index contributed by atoms with van der Waals surface area (Å²) < 4.78 is 5.68. The molecular formula is C23H30N4O4S. The van der Waals surface area contributed by atoms with E-state index in [1.807, 2.05) is 38.0 Å². The zero-order valence-electron chi connectivity index (χ0n) is 19.0. The minimum Gasteiger partial charge on any atom is -0.478 e. The quantitative estimate of drug-likeness (QED) is 0.520. The van der Waals surface area contributed by atoms with Crippen molar-refractivity contribution in [1.29, 1.82) is 0 Å². The molecule has 0 unspecified atom stereocenters. The molecule has 2 aliphatic rings. The number of hydrogen-bond acceptors (Lipinski definition) is 7. The molecule has 0 bridgehead atoms. The Balaban J connectivity index is 1.55. The number of aromatic nitrogens is 2. The first-order valence-electron chi connectivity index (χ1n) is 11.0. The molecule has 172 valence electrons. The average molecular weight is 459 g/mol. The lowest BCUT2D eigenvalue weighted by molar-refractivity contribution is 0.0113. The number of anilines is 1. The van der Waals surface area contributed by atoms with Crippen molar-refractivity contribution in [1.82, 2.24) is 14.9 Å². The number of benzene rings is 1. The van der Waals surface area contributed by atoms with Crippen molar-refractivity contribution >= 4 is 40.4 Å². The summed E-state index contributed by atoms with van der Waals surface area (Å²) in [7, 11) is 0. The number of thioether (sulfide) groups is 1. The fourth-order valence-corrected chi connectivity index (χ4v) is 4.63. The molecule has 2 fully saturated rings. The van der Waals surface area contributed by atoms with Crippen molar-refractivity contribution in [3.05, 3.63) is 23.9 Å². The maximum absolute atomic E-state index is 12.8. The van der Waals surface area contributed by atoms with Crippen LogP contribution in [0, 0.1) is 0 Å². The van der Waals surface area contributed by atoms with Gasteiger partial charge in [-0.1, -0.05) is 11.8 Å². The third kappa shape index (κ3) is 4.77. The van der Waals surface area contributed by atoms with Crippen LogP contribution in [0.2, 0.25) is 0 Å². The van der Waals surface area contributed by atoms with Gasteiger partial charge in [-0.3, -0.25) is 0 Å². The number of hydrogen-bond donors (Lipinski definition) is 1. The van der Waals surface area contributed by atoms with Crippen LogP contribution in [0.25, 0.3) is 10.9 Å². The molecule has 1 saturated heterocycles. The Morgan fingerprint density at radius 3 is 2.38 bits per heavy atom. The maximum Gasteiger partial charge on any atom is 0.410 e. The predicted octanol–water partition coefficient (Wildman–Crippen LogP) is 4.42. The van der Waals surface area contributed by atoms with Gasteiger partial charge in [0, 0.05) is 42.4 Å². The molecule has 1 amide bonds. The van der Waals surface area contributed by atoms with E-state index in [0.717, 1.165) is 49.8 Å². The summed E-state index contributed by atoms with van der Waals surface area (Å²) >= 11 is 1.39. The lowest BCUT2D eigenvalue weighted by Gasteiger charge is -2.40. The van der Waals surface area contributed by atoms with E-state index < -0.39 is 11.6 Å². The van der Waals surface area contributed by atoms with Crippen LogP contribution in [-0.4, -0.2) is 69.1 Å². The second kappa shape index (κ2) is 8.77. The number of piperidine rings is 1. The standard InChI is InChI=1S/C23H30N4O4S/c1-23(2,3)31-22(30)27(14-5-6-14)15-9-11-26(12-10-15)18-8-7-16(20(28)29)19-17(18)13-24-21(25-19)32-4/h7-8,13-15H,5-6,9-12H2,1-4H3,(H,28,29). The van der Waals surface area contributed by atoms with Crippen molar-refractivity contribution in [2.24, 2.45) is 0 Å². The Morgan fingerprint density at radius 2 is 1.81 bits per heavy atom. The van der Waals surface area contributed by atoms with Gasteiger partial charge in [0.2, 0.25) is 0 Å². The van der Waals surface area contributed by atoms with E-state index in [4.69, 9.17) is 4.74 Å². The molecule has 1 aliphatic heterocycles. The summed E-state index contributed by atoms with van der Waals surface area (Å²) in [5, 5.41) is 10.9. The van der Waals surface area contributed by atoms with Crippen molar-refractivity contribution in [3.8, 4) is 0 Å². The predicted molar refractivity (Wildman–Crippen MR) is 125 cm³/mol. The highest BCUT2D eigenvalue weighted by molar-refractivity contribution is 7.98. The number of aromatic carboxylic acids is 1. The second-order valence-corrected chi connectivity index (χ2v) is 10.2. The van der Waals surface area contributed by atoms with E-state index in [0.29, 0.717) is 10.7 Å². The highest BCUT2D eigenvalue weighted by Crippen LogP contribution is 2.36. The molecule has 8 nitrogen and oxygen atoms in total. The number of carbonyl (C=O) groups excluding carboxylic acids is 1. The van der Waals surface area contributed by atoms with Crippen LogP contribution in [0.5, 0.6) is 0 Å². The molecule has 9 heteroatoms. The van der Waals surface area contributed by atoms with E-state index >= 15 is 0 Å². The molecule has 0 atom stereocenters. The summed E-state index contributed by atoms with van der Waals surface area (Å²) in [6.07, 6.45) is 7.12. The fourth-order valence-electron chi connectivity index (χ4n) is 4.28. The molecule has 4 rings (SSSR count). The van der Waals surface area contributed by atoms with E-state index in [9.17, 15) is 14.7 Å². The summed E-state index contributed by atoms with van der Waals surface area (Å²) in [6, 6.07) is 3.91. The monoisotopic (exact) mass is 458 g/mol. The van der Waals surface area contributed by atoms with Gasteiger partial charge in [-0.2, -0.15) is 0 Å². The largest absolute Gasteiger partial charge is 0.478 e. The number of carbonyl (C=O) groups is 2. The van der Waals surface area contributed by atoms with Crippen LogP contribution in [0.1, 0.15) is 56.8 Å². The van der Waals surface area contributed by atoms with Gasteiger partial charge in [0.05, 0.1) is 11.1 Å². The number of carboxylic acid groups (broad SMARTS) is 1. The van der Waals surface area contributed by atoms with E-state index in [1.54, 1.807) is 12.3 Å². The van der Waals surface area contributed by atoms with Gasteiger partial charge >= 0.3 is 12.1 Å². The van der Waals surface area contributed by atoms with Gasteiger partial charge in [0.25, 0.3) is 0 Å². The molecule has 0 spiro atoms. The number of amides is 1. The van der Waals surface area contributed by atoms with Crippen molar-refractivity contribution in [2.75, 3.05) is 24.2 Å². The van der Waals surface area contributed by atoms with E-state index in [-0.39, 0.29) is 23.7 Å². The second-order valence-electron chi connectivity index (χ2n) is 9.39. The average Bonchev–Trinajstić information content (AvgIpc) is 3.56. The summed E-state index contributed by atoms with van der Waals surface area (Å²) in [6.45, 7) is 7.23. The molecule has 1 aromatic heterocycles. The molecular weight excluding hydrogens is 428 g/mol. The number of ether oxygens (including phenoxy) is 1. The number of carboxylic acids is 1. The Labute approximate surface area is 192 Å². The Morgan fingerprint density at radius 1 is 1.16 bits per heavy atom.